The van der Waals surface area contributed by atoms with Crippen molar-refractivity contribution in [1.82, 2.24) is 5.43 Å². The molecule has 176 valence electrons. The lowest BCUT2D eigenvalue weighted by molar-refractivity contribution is -0.385. The van der Waals surface area contributed by atoms with Gasteiger partial charge in [-0.1, -0.05) is 47.5 Å². The van der Waals surface area contributed by atoms with Gasteiger partial charge in [-0.25, -0.2) is 5.43 Å². The molecule has 0 heterocycles. The number of ether oxygens (including phenoxy) is 2. The molecule has 0 fully saturated rings. The van der Waals surface area contributed by atoms with Crippen molar-refractivity contribution < 1.29 is 19.2 Å². The first-order valence-electron chi connectivity index (χ1n) is 9.77. The molecule has 0 aliphatic rings. The number of benzene rings is 3. The molecule has 3 aromatic rings. The van der Waals surface area contributed by atoms with Crippen LogP contribution >= 0.6 is 39.1 Å². The highest BCUT2D eigenvalue weighted by molar-refractivity contribution is 9.10. The molecule has 0 aromatic heterocycles. The zero-order valence-electron chi connectivity index (χ0n) is 17.8. The van der Waals surface area contributed by atoms with Crippen LogP contribution in [0.25, 0.3) is 0 Å². The lowest BCUT2D eigenvalue weighted by Crippen LogP contribution is -2.20. The SMILES string of the molecule is COc1cc(/C=N/NC(=O)Cc2ccccc2[N+](=O)[O-])cc(Br)c1OCc1ccc(Cl)cc1Cl. The molecule has 1 amide bonds. The minimum Gasteiger partial charge on any atom is -0.493 e. The third-order valence-electron chi connectivity index (χ3n) is 4.58. The smallest absolute Gasteiger partial charge is 0.273 e. The van der Waals surface area contributed by atoms with Crippen molar-refractivity contribution in [2.45, 2.75) is 13.0 Å². The Labute approximate surface area is 213 Å². The highest BCUT2D eigenvalue weighted by atomic mass is 79.9. The van der Waals surface area contributed by atoms with Crippen LogP contribution in [0.1, 0.15) is 16.7 Å². The minimum atomic E-state index is -0.528. The summed E-state index contributed by atoms with van der Waals surface area (Å²) in [5.41, 5.74) is 3.92. The third kappa shape index (κ3) is 6.69. The van der Waals surface area contributed by atoms with E-state index in [1.807, 2.05) is 0 Å². The zero-order chi connectivity index (χ0) is 24.7. The molecule has 0 saturated heterocycles. The highest BCUT2D eigenvalue weighted by Gasteiger charge is 2.15. The van der Waals surface area contributed by atoms with E-state index in [-0.39, 0.29) is 18.7 Å². The lowest BCUT2D eigenvalue weighted by atomic mass is 10.1. The number of rotatable bonds is 9. The Hall–Kier alpha value is -3.14. The topological polar surface area (TPSA) is 103 Å². The molecule has 0 saturated carbocycles. The number of amides is 1. The van der Waals surface area contributed by atoms with Gasteiger partial charge in [0.15, 0.2) is 11.5 Å². The largest absolute Gasteiger partial charge is 0.493 e. The summed E-state index contributed by atoms with van der Waals surface area (Å²) in [6, 6.07) is 14.6. The van der Waals surface area contributed by atoms with Gasteiger partial charge in [-0.2, -0.15) is 5.10 Å². The first-order chi connectivity index (χ1) is 16.3. The summed E-state index contributed by atoms with van der Waals surface area (Å²) in [5, 5.41) is 16.0. The molecule has 0 radical (unpaired) electrons. The Balaban J connectivity index is 1.67. The van der Waals surface area contributed by atoms with Crippen molar-refractivity contribution in [3.63, 3.8) is 0 Å². The maximum absolute atomic E-state index is 12.2. The number of hydrazone groups is 1. The molecule has 0 aliphatic carbocycles. The Morgan fingerprint density at radius 3 is 2.65 bits per heavy atom. The number of para-hydroxylation sites is 1. The van der Waals surface area contributed by atoms with Crippen LogP contribution in [0.3, 0.4) is 0 Å². The summed E-state index contributed by atoms with van der Waals surface area (Å²) in [7, 11) is 1.50. The summed E-state index contributed by atoms with van der Waals surface area (Å²) in [6.07, 6.45) is 1.24. The lowest BCUT2D eigenvalue weighted by Gasteiger charge is -2.14. The molecule has 3 aromatic carbocycles. The number of nitrogens with zero attached hydrogens (tertiary/aromatic N) is 2. The van der Waals surface area contributed by atoms with Gasteiger partial charge in [-0.05, 0) is 45.8 Å². The summed E-state index contributed by atoms with van der Waals surface area (Å²) < 4.78 is 11.9. The number of methoxy groups -OCH3 is 1. The minimum absolute atomic E-state index is 0.120. The maximum Gasteiger partial charge on any atom is 0.273 e. The Bertz CT molecular complexity index is 1250. The van der Waals surface area contributed by atoms with Gasteiger partial charge in [0.05, 0.1) is 29.1 Å². The molecular weight excluding hydrogens is 549 g/mol. The second-order valence-electron chi connectivity index (χ2n) is 6.91. The van der Waals surface area contributed by atoms with Crippen LogP contribution in [-0.4, -0.2) is 24.2 Å². The van der Waals surface area contributed by atoms with Crippen molar-refractivity contribution in [1.29, 1.82) is 0 Å². The van der Waals surface area contributed by atoms with Gasteiger partial charge in [0.2, 0.25) is 5.91 Å². The van der Waals surface area contributed by atoms with E-state index in [0.717, 1.165) is 5.56 Å². The monoisotopic (exact) mass is 565 g/mol. The van der Waals surface area contributed by atoms with Crippen molar-refractivity contribution in [2.24, 2.45) is 5.10 Å². The van der Waals surface area contributed by atoms with Crippen LogP contribution in [-0.2, 0) is 17.8 Å². The van der Waals surface area contributed by atoms with E-state index in [1.54, 1.807) is 42.5 Å². The number of nitro groups is 1. The number of carbonyl (C=O) groups is 1. The first-order valence-corrected chi connectivity index (χ1v) is 11.3. The average Bonchev–Trinajstić information content (AvgIpc) is 2.79. The van der Waals surface area contributed by atoms with Gasteiger partial charge in [0.1, 0.15) is 6.61 Å². The van der Waals surface area contributed by atoms with Crippen molar-refractivity contribution >= 4 is 56.9 Å². The van der Waals surface area contributed by atoms with Crippen LogP contribution in [0.4, 0.5) is 5.69 Å². The normalized spacial score (nSPS) is 10.8. The van der Waals surface area contributed by atoms with E-state index in [0.29, 0.717) is 37.1 Å². The van der Waals surface area contributed by atoms with Crippen LogP contribution in [0, 0.1) is 10.1 Å². The van der Waals surface area contributed by atoms with Crippen molar-refractivity contribution in [3.8, 4) is 11.5 Å². The zero-order valence-corrected chi connectivity index (χ0v) is 20.9. The molecule has 0 spiro atoms. The molecule has 0 aliphatic heterocycles. The van der Waals surface area contributed by atoms with Gasteiger partial charge in [-0.15, -0.1) is 0 Å². The summed E-state index contributed by atoms with van der Waals surface area (Å²) >= 11 is 15.6. The Kier molecular flexibility index (Phi) is 8.86. The van der Waals surface area contributed by atoms with Gasteiger partial charge in [0.25, 0.3) is 5.69 Å². The number of hydrogen-bond donors (Lipinski definition) is 1. The predicted octanol–water partition coefficient (Wildman–Crippen LogP) is 5.94. The second kappa shape index (κ2) is 11.8. The van der Waals surface area contributed by atoms with Gasteiger partial charge >= 0.3 is 0 Å². The molecule has 1 N–H and O–H groups in total. The van der Waals surface area contributed by atoms with E-state index in [2.05, 4.69) is 26.5 Å². The van der Waals surface area contributed by atoms with Crippen LogP contribution < -0.4 is 14.9 Å². The fraction of sp³-hybridized carbons (Fsp3) is 0.130. The molecule has 34 heavy (non-hydrogen) atoms. The molecule has 0 unspecified atom stereocenters. The summed E-state index contributed by atoms with van der Waals surface area (Å²) in [4.78, 5) is 22.7. The van der Waals surface area contributed by atoms with Crippen molar-refractivity contribution in [3.05, 3.63) is 95.9 Å². The molecule has 0 bridgehead atoms. The summed E-state index contributed by atoms with van der Waals surface area (Å²) in [6.45, 7) is 0.195. The standard InChI is InChI=1S/C23H18BrCl2N3O5/c1-33-21-9-14(8-18(24)23(21)34-13-16-6-7-17(25)11-19(16)26)12-27-28-22(30)10-15-4-2-3-5-20(15)29(31)32/h2-9,11-12H,10,13H2,1H3,(H,28,30)/b27-12+. The maximum atomic E-state index is 12.2. The quantitative estimate of drug-likeness (QED) is 0.196. The first kappa shape index (κ1) is 25.5. The van der Waals surface area contributed by atoms with Crippen molar-refractivity contribution in [2.75, 3.05) is 7.11 Å². The van der Waals surface area contributed by atoms with Gasteiger partial charge in [0, 0.05) is 27.2 Å². The fourth-order valence-electron chi connectivity index (χ4n) is 2.97. The molecular formula is C23H18BrCl2N3O5. The number of nitrogens with one attached hydrogen (secondary N) is 1. The van der Waals surface area contributed by atoms with Crippen LogP contribution in [0.15, 0.2) is 64.2 Å². The third-order valence-corrected chi connectivity index (χ3v) is 5.76. The molecule has 3 rings (SSSR count). The van der Waals surface area contributed by atoms with Gasteiger partial charge < -0.3 is 9.47 Å². The van der Waals surface area contributed by atoms with Crippen LogP contribution in [0.5, 0.6) is 11.5 Å². The Morgan fingerprint density at radius 1 is 1.18 bits per heavy atom. The van der Waals surface area contributed by atoms with E-state index in [4.69, 9.17) is 32.7 Å². The molecule has 11 heteroatoms. The molecule has 8 nitrogen and oxygen atoms in total. The van der Waals surface area contributed by atoms with E-state index >= 15 is 0 Å². The number of carbonyl (C=O) groups excluding carboxylic acids is 1. The predicted molar refractivity (Wildman–Crippen MR) is 134 cm³/mol. The number of nitro benzene ring substituents is 1. The number of halogens is 3. The van der Waals surface area contributed by atoms with E-state index < -0.39 is 10.8 Å². The van der Waals surface area contributed by atoms with Crippen LogP contribution in [0.2, 0.25) is 10.0 Å². The average molecular weight is 567 g/mol. The molecule has 0 atom stereocenters. The summed E-state index contributed by atoms with van der Waals surface area (Å²) in [5.74, 6) is 0.412. The van der Waals surface area contributed by atoms with E-state index in [1.165, 1.54) is 25.5 Å². The van der Waals surface area contributed by atoms with E-state index in [9.17, 15) is 14.9 Å². The van der Waals surface area contributed by atoms with Gasteiger partial charge in [-0.3, -0.25) is 14.9 Å². The second-order valence-corrected chi connectivity index (χ2v) is 8.61. The number of hydrogen-bond acceptors (Lipinski definition) is 6. The Morgan fingerprint density at radius 2 is 1.94 bits per heavy atom. The highest BCUT2D eigenvalue weighted by Crippen LogP contribution is 2.37. The fourth-order valence-corrected chi connectivity index (χ4v) is 4.01.